The van der Waals surface area contributed by atoms with Crippen molar-refractivity contribution in [2.45, 2.75) is 30.7 Å². The molecule has 0 bridgehead atoms. The molecule has 3 N–H and O–H groups in total. The molecule has 2 aromatic rings. The molecular weight excluding hydrogens is 300 g/mol. The van der Waals surface area contributed by atoms with Crippen molar-refractivity contribution in [2.75, 3.05) is 5.73 Å². The van der Waals surface area contributed by atoms with Crippen LogP contribution in [0.1, 0.15) is 30.2 Å². The van der Waals surface area contributed by atoms with E-state index in [2.05, 4.69) is 10.3 Å². The molecule has 0 atom stereocenters. The number of aromatic nitrogens is 3. The number of anilines is 1. The van der Waals surface area contributed by atoms with Crippen LogP contribution in [0.15, 0.2) is 21.6 Å². The second-order valence-electron chi connectivity index (χ2n) is 4.60. The fourth-order valence-electron chi connectivity index (χ4n) is 1.57. The number of hydrogen-bond acceptors (Lipinski definition) is 7. The van der Waals surface area contributed by atoms with Gasteiger partial charge in [-0.3, -0.25) is 0 Å². The Morgan fingerprint density at radius 2 is 2.14 bits per heavy atom. The lowest BCUT2D eigenvalue weighted by Crippen LogP contribution is -2.16. The Kier molecular flexibility index (Phi) is 3.73. The minimum atomic E-state index is -3.63. The minimum Gasteiger partial charge on any atom is -0.475 e. The molecule has 0 radical (unpaired) electrons. The lowest BCUT2D eigenvalue weighted by Gasteiger charge is -2.05. The molecule has 0 unspecified atom stereocenters. The number of sulfone groups is 1. The Morgan fingerprint density at radius 1 is 1.48 bits per heavy atom. The average Bonchev–Trinajstić information content (AvgIpc) is 2.98. The topological polar surface area (TPSA) is 141 Å². The molecule has 0 spiro atoms. The van der Waals surface area contributed by atoms with Crippen LogP contribution in [-0.2, 0) is 16.4 Å². The van der Waals surface area contributed by atoms with Gasteiger partial charge in [0.05, 0.1) is 5.25 Å². The van der Waals surface area contributed by atoms with Crippen LogP contribution >= 0.6 is 0 Å². The second kappa shape index (κ2) is 5.20. The first kappa shape index (κ1) is 15.0. The van der Waals surface area contributed by atoms with Gasteiger partial charge >= 0.3 is 5.97 Å². The fourth-order valence-corrected chi connectivity index (χ4v) is 2.57. The van der Waals surface area contributed by atoms with Gasteiger partial charge < -0.3 is 15.3 Å². The number of aromatic carboxylic acids is 1. The SMILES string of the molecule is CC(C)S(=O)(=O)c1nnn(Cc2ccc(C(=O)O)o2)c1N. The molecule has 2 rings (SSSR count). The minimum absolute atomic E-state index is 0.0142. The molecule has 0 aliphatic carbocycles. The van der Waals surface area contributed by atoms with Crippen LogP contribution in [0.5, 0.6) is 0 Å². The maximum absolute atomic E-state index is 12.0. The highest BCUT2D eigenvalue weighted by Crippen LogP contribution is 2.20. The van der Waals surface area contributed by atoms with E-state index in [1.165, 1.54) is 26.0 Å². The highest BCUT2D eigenvalue weighted by Gasteiger charge is 2.27. The van der Waals surface area contributed by atoms with Crippen molar-refractivity contribution in [2.24, 2.45) is 0 Å². The summed E-state index contributed by atoms with van der Waals surface area (Å²) in [6, 6.07) is 2.73. The Morgan fingerprint density at radius 3 is 2.67 bits per heavy atom. The normalized spacial score (nSPS) is 12.0. The number of nitrogens with two attached hydrogens (primary N) is 1. The predicted molar refractivity (Wildman–Crippen MR) is 71.5 cm³/mol. The zero-order valence-electron chi connectivity index (χ0n) is 11.3. The largest absolute Gasteiger partial charge is 0.475 e. The monoisotopic (exact) mass is 314 g/mol. The molecule has 9 nitrogen and oxygen atoms in total. The van der Waals surface area contributed by atoms with E-state index in [0.29, 0.717) is 0 Å². The molecule has 21 heavy (non-hydrogen) atoms. The van der Waals surface area contributed by atoms with E-state index in [1.54, 1.807) is 0 Å². The molecule has 10 heteroatoms. The van der Waals surface area contributed by atoms with Gasteiger partial charge in [-0.05, 0) is 26.0 Å². The summed E-state index contributed by atoms with van der Waals surface area (Å²) in [6.07, 6.45) is 0. The van der Waals surface area contributed by atoms with E-state index >= 15 is 0 Å². The molecule has 0 fully saturated rings. The quantitative estimate of drug-likeness (QED) is 0.806. The Hall–Kier alpha value is -2.36. The summed E-state index contributed by atoms with van der Waals surface area (Å²) < 4.78 is 30.2. The van der Waals surface area contributed by atoms with Crippen molar-refractivity contribution in [1.29, 1.82) is 0 Å². The number of carboxylic acids is 1. The molecule has 2 heterocycles. The third kappa shape index (κ3) is 2.75. The fraction of sp³-hybridized carbons (Fsp3) is 0.364. The number of furan rings is 1. The zero-order chi connectivity index (χ0) is 15.8. The van der Waals surface area contributed by atoms with Gasteiger partial charge in [0, 0.05) is 0 Å². The summed E-state index contributed by atoms with van der Waals surface area (Å²) in [5.74, 6) is -1.26. The number of rotatable bonds is 5. The van der Waals surface area contributed by atoms with Crippen LogP contribution in [0.2, 0.25) is 0 Å². The summed E-state index contributed by atoms with van der Waals surface area (Å²) in [4.78, 5) is 10.7. The number of carbonyl (C=O) groups is 1. The Bertz CT molecular complexity index is 774. The number of nitrogen functional groups attached to an aromatic ring is 1. The van der Waals surface area contributed by atoms with Gasteiger partial charge in [-0.1, -0.05) is 5.21 Å². The molecule has 0 amide bonds. The first-order chi connectivity index (χ1) is 9.73. The maximum Gasteiger partial charge on any atom is 0.371 e. The summed E-state index contributed by atoms with van der Waals surface area (Å²) in [5, 5.41) is 15.1. The molecular formula is C11H14N4O5S. The van der Waals surface area contributed by atoms with Crippen LogP contribution in [0, 0.1) is 0 Å². The van der Waals surface area contributed by atoms with E-state index in [9.17, 15) is 13.2 Å². The molecule has 0 saturated carbocycles. The molecule has 0 aromatic carbocycles. The van der Waals surface area contributed by atoms with Crippen LogP contribution < -0.4 is 5.73 Å². The highest BCUT2D eigenvalue weighted by molar-refractivity contribution is 7.92. The lowest BCUT2D eigenvalue weighted by molar-refractivity contribution is 0.0660. The van der Waals surface area contributed by atoms with Gasteiger partial charge in [0.2, 0.25) is 20.6 Å². The van der Waals surface area contributed by atoms with Crippen molar-refractivity contribution in [1.82, 2.24) is 15.0 Å². The molecule has 0 saturated heterocycles. The van der Waals surface area contributed by atoms with Crippen LogP contribution in [0.4, 0.5) is 5.82 Å². The van der Waals surface area contributed by atoms with Crippen molar-refractivity contribution in [3.05, 3.63) is 23.7 Å². The molecule has 0 aliphatic rings. The summed E-state index contributed by atoms with van der Waals surface area (Å²) in [7, 11) is -3.63. The van der Waals surface area contributed by atoms with Crippen LogP contribution in [-0.4, -0.2) is 39.7 Å². The smallest absolute Gasteiger partial charge is 0.371 e. The number of hydrogen-bond donors (Lipinski definition) is 2. The summed E-state index contributed by atoms with van der Waals surface area (Å²) in [5.41, 5.74) is 5.74. The maximum atomic E-state index is 12.0. The molecule has 2 aromatic heterocycles. The summed E-state index contributed by atoms with van der Waals surface area (Å²) in [6.45, 7) is 3.01. The number of carboxylic acid groups (broad SMARTS) is 1. The van der Waals surface area contributed by atoms with E-state index in [1.807, 2.05) is 0 Å². The van der Waals surface area contributed by atoms with Gasteiger partial charge in [0.1, 0.15) is 12.3 Å². The zero-order valence-corrected chi connectivity index (χ0v) is 12.2. The standard InChI is InChI=1S/C11H14N4O5S/c1-6(2)21(18,19)10-9(12)15(14-13-10)5-7-3-4-8(20-7)11(16)17/h3-4,6H,5,12H2,1-2H3,(H,16,17). The third-order valence-electron chi connectivity index (χ3n) is 2.81. The van der Waals surface area contributed by atoms with E-state index in [-0.39, 0.29) is 28.9 Å². The Balaban J connectivity index is 2.30. The van der Waals surface area contributed by atoms with Crippen molar-refractivity contribution in [3.8, 4) is 0 Å². The molecule has 0 aliphatic heterocycles. The lowest BCUT2D eigenvalue weighted by atomic mass is 10.4. The van der Waals surface area contributed by atoms with Crippen molar-refractivity contribution in [3.63, 3.8) is 0 Å². The third-order valence-corrected chi connectivity index (χ3v) is 4.88. The van der Waals surface area contributed by atoms with E-state index in [0.717, 1.165) is 4.68 Å². The first-order valence-electron chi connectivity index (χ1n) is 5.98. The van der Waals surface area contributed by atoms with Crippen molar-refractivity contribution < 1.29 is 22.7 Å². The highest BCUT2D eigenvalue weighted by atomic mass is 32.2. The Labute approximate surface area is 120 Å². The van der Waals surface area contributed by atoms with E-state index < -0.39 is 21.1 Å². The van der Waals surface area contributed by atoms with Gasteiger partial charge in [-0.2, -0.15) is 0 Å². The summed E-state index contributed by atoms with van der Waals surface area (Å²) >= 11 is 0. The molecule has 114 valence electrons. The van der Waals surface area contributed by atoms with Gasteiger partial charge in [0.15, 0.2) is 5.82 Å². The predicted octanol–water partition coefficient (Wildman–Crippen LogP) is 0.382. The van der Waals surface area contributed by atoms with Crippen molar-refractivity contribution >= 4 is 21.6 Å². The van der Waals surface area contributed by atoms with Gasteiger partial charge in [-0.15, -0.1) is 5.10 Å². The van der Waals surface area contributed by atoms with Crippen LogP contribution in [0.3, 0.4) is 0 Å². The number of nitrogens with zero attached hydrogens (tertiary/aromatic N) is 3. The van der Waals surface area contributed by atoms with Gasteiger partial charge in [-0.25, -0.2) is 17.9 Å². The second-order valence-corrected chi connectivity index (χ2v) is 7.02. The average molecular weight is 314 g/mol. The van der Waals surface area contributed by atoms with Gasteiger partial charge in [0.25, 0.3) is 0 Å². The van der Waals surface area contributed by atoms with Crippen LogP contribution in [0.25, 0.3) is 0 Å². The van der Waals surface area contributed by atoms with E-state index in [4.69, 9.17) is 15.3 Å². The first-order valence-corrected chi connectivity index (χ1v) is 7.53.